The number of benzene rings is 2. The van der Waals surface area contributed by atoms with Gasteiger partial charge in [0.05, 0.1) is 21.6 Å². The summed E-state index contributed by atoms with van der Waals surface area (Å²) in [5, 5.41) is 0. The maximum absolute atomic E-state index is 12.7. The molecule has 2 aromatic carbocycles. The van der Waals surface area contributed by atoms with Crippen LogP contribution in [0.5, 0.6) is 0 Å². The van der Waals surface area contributed by atoms with Gasteiger partial charge in [0.15, 0.2) is 0 Å². The summed E-state index contributed by atoms with van der Waals surface area (Å²) in [6, 6.07) is 7.92. The van der Waals surface area contributed by atoms with E-state index in [1.54, 1.807) is 0 Å². The number of hydrogen-bond acceptors (Lipinski definition) is 4. The van der Waals surface area contributed by atoms with Gasteiger partial charge in [0.2, 0.25) is 0 Å². The Labute approximate surface area is 143 Å². The molecule has 7 nitrogen and oxygen atoms in total. The molecule has 3 N–H and O–H groups in total. The highest BCUT2D eigenvalue weighted by Gasteiger charge is 2.17. The van der Waals surface area contributed by atoms with Gasteiger partial charge >= 0.3 is 11.1 Å². The highest BCUT2D eigenvalue weighted by atomic mass is 32.2. The lowest BCUT2D eigenvalue weighted by Gasteiger charge is -2.14. The van der Waals surface area contributed by atoms with Gasteiger partial charge < -0.3 is 9.97 Å². The maximum Gasteiger partial charge on any atom is 0.314 e. The Kier molecular flexibility index (Phi) is 4.00. The van der Waals surface area contributed by atoms with E-state index < -0.39 is 21.1 Å². The standard InChI is InChI=1S/C17H17N3O4S/c1-9-6-10(2)15(11(3)7-9)20-25(23,24)12-4-5-13-14(8-12)19-17(22)16(21)18-13/h4-8,20H,1-3H3,(H,18,21)(H,19,22). The van der Waals surface area contributed by atoms with Crippen molar-refractivity contribution in [1.82, 2.24) is 9.97 Å². The normalized spacial score (nSPS) is 11.6. The molecule has 0 amide bonds. The Balaban J connectivity index is 2.09. The van der Waals surface area contributed by atoms with Gasteiger partial charge in [-0.05, 0) is 50.1 Å². The monoisotopic (exact) mass is 359 g/mol. The van der Waals surface area contributed by atoms with E-state index in [1.807, 2.05) is 32.9 Å². The number of aromatic amines is 2. The second-order valence-corrected chi connectivity index (χ2v) is 7.68. The zero-order valence-electron chi connectivity index (χ0n) is 13.9. The van der Waals surface area contributed by atoms with Gasteiger partial charge in [0, 0.05) is 0 Å². The van der Waals surface area contributed by atoms with Crippen LogP contribution in [-0.2, 0) is 10.0 Å². The van der Waals surface area contributed by atoms with E-state index in [4.69, 9.17) is 0 Å². The van der Waals surface area contributed by atoms with Crippen LogP contribution in [0.2, 0.25) is 0 Å². The molecule has 3 aromatic rings. The molecular weight excluding hydrogens is 342 g/mol. The number of nitrogens with one attached hydrogen (secondary N) is 3. The molecule has 0 atom stereocenters. The first-order valence-corrected chi connectivity index (χ1v) is 9.03. The van der Waals surface area contributed by atoms with E-state index in [0.717, 1.165) is 16.7 Å². The van der Waals surface area contributed by atoms with Gasteiger partial charge in [-0.15, -0.1) is 0 Å². The summed E-state index contributed by atoms with van der Waals surface area (Å²) in [7, 11) is -3.85. The Bertz CT molecular complexity index is 1180. The summed E-state index contributed by atoms with van der Waals surface area (Å²) >= 11 is 0. The van der Waals surface area contributed by atoms with Crippen molar-refractivity contribution in [3.8, 4) is 0 Å². The molecule has 0 radical (unpaired) electrons. The number of aryl methyl sites for hydroxylation is 3. The zero-order chi connectivity index (χ0) is 18.4. The van der Waals surface area contributed by atoms with Crippen LogP contribution in [-0.4, -0.2) is 18.4 Å². The molecule has 0 spiro atoms. The van der Waals surface area contributed by atoms with Crippen LogP contribution in [0.3, 0.4) is 0 Å². The van der Waals surface area contributed by atoms with Crippen molar-refractivity contribution in [2.45, 2.75) is 25.7 Å². The largest absolute Gasteiger partial charge is 0.316 e. The van der Waals surface area contributed by atoms with E-state index in [2.05, 4.69) is 14.7 Å². The second kappa shape index (κ2) is 5.89. The minimum Gasteiger partial charge on any atom is -0.316 e. The van der Waals surface area contributed by atoms with Crippen LogP contribution in [0.1, 0.15) is 16.7 Å². The molecule has 0 aliphatic rings. The molecule has 0 aliphatic carbocycles. The van der Waals surface area contributed by atoms with E-state index in [9.17, 15) is 18.0 Å². The number of aromatic nitrogens is 2. The van der Waals surface area contributed by atoms with Crippen LogP contribution in [0.4, 0.5) is 5.69 Å². The first kappa shape index (κ1) is 17.0. The van der Waals surface area contributed by atoms with Crippen LogP contribution >= 0.6 is 0 Å². The number of fused-ring (bicyclic) bond motifs is 1. The molecule has 0 aliphatic heterocycles. The van der Waals surface area contributed by atoms with Crippen LogP contribution in [0.15, 0.2) is 44.8 Å². The summed E-state index contributed by atoms with van der Waals surface area (Å²) < 4.78 is 28.0. The van der Waals surface area contributed by atoms with Crippen LogP contribution in [0.25, 0.3) is 11.0 Å². The third-order valence-electron chi connectivity index (χ3n) is 3.92. The van der Waals surface area contributed by atoms with Crippen LogP contribution in [0, 0.1) is 20.8 Å². The topological polar surface area (TPSA) is 112 Å². The fourth-order valence-corrected chi connectivity index (χ4v) is 4.02. The molecule has 3 rings (SSSR count). The number of rotatable bonds is 3. The Morgan fingerprint density at radius 3 is 2.00 bits per heavy atom. The molecule has 0 bridgehead atoms. The molecule has 0 unspecified atom stereocenters. The third kappa shape index (κ3) is 3.20. The smallest absolute Gasteiger partial charge is 0.314 e. The molecule has 8 heteroatoms. The highest BCUT2D eigenvalue weighted by molar-refractivity contribution is 7.92. The molecule has 0 fully saturated rings. The lowest BCUT2D eigenvalue weighted by Crippen LogP contribution is -2.29. The number of hydrogen-bond donors (Lipinski definition) is 3. The minimum atomic E-state index is -3.85. The predicted molar refractivity (Wildman–Crippen MR) is 96.7 cm³/mol. The van der Waals surface area contributed by atoms with Crippen molar-refractivity contribution in [3.63, 3.8) is 0 Å². The minimum absolute atomic E-state index is 0.0120. The van der Waals surface area contributed by atoms with Gasteiger partial charge in [-0.25, -0.2) is 8.42 Å². The first-order valence-electron chi connectivity index (χ1n) is 7.54. The van der Waals surface area contributed by atoms with Crippen LogP contribution < -0.4 is 15.8 Å². The summed E-state index contributed by atoms with van der Waals surface area (Å²) in [6.45, 7) is 5.61. The van der Waals surface area contributed by atoms with Crippen molar-refractivity contribution in [1.29, 1.82) is 0 Å². The zero-order valence-corrected chi connectivity index (χ0v) is 14.7. The Hall–Kier alpha value is -2.87. The quantitative estimate of drug-likeness (QED) is 0.620. The number of sulfonamides is 1. The van der Waals surface area contributed by atoms with E-state index in [1.165, 1.54) is 18.2 Å². The van der Waals surface area contributed by atoms with Gasteiger partial charge in [-0.1, -0.05) is 17.7 Å². The molecule has 0 saturated heterocycles. The molecule has 1 heterocycles. The summed E-state index contributed by atoms with van der Waals surface area (Å²) in [5.74, 6) is 0. The van der Waals surface area contributed by atoms with Crippen molar-refractivity contribution in [2.75, 3.05) is 4.72 Å². The molecule has 130 valence electrons. The summed E-state index contributed by atoms with van der Waals surface area (Å²) in [4.78, 5) is 27.5. The fraction of sp³-hybridized carbons (Fsp3) is 0.176. The van der Waals surface area contributed by atoms with E-state index in [0.29, 0.717) is 11.2 Å². The number of anilines is 1. The first-order chi connectivity index (χ1) is 11.7. The highest BCUT2D eigenvalue weighted by Crippen LogP contribution is 2.25. The lowest BCUT2D eigenvalue weighted by molar-refractivity contribution is 0.601. The van der Waals surface area contributed by atoms with Crippen molar-refractivity contribution in [3.05, 3.63) is 67.7 Å². The second-order valence-electron chi connectivity index (χ2n) is 5.99. The molecule has 25 heavy (non-hydrogen) atoms. The van der Waals surface area contributed by atoms with Gasteiger partial charge in [0.25, 0.3) is 10.0 Å². The van der Waals surface area contributed by atoms with Gasteiger partial charge in [-0.3, -0.25) is 14.3 Å². The van der Waals surface area contributed by atoms with Crippen molar-refractivity contribution >= 4 is 26.7 Å². The third-order valence-corrected chi connectivity index (χ3v) is 5.26. The lowest BCUT2D eigenvalue weighted by atomic mass is 10.1. The maximum atomic E-state index is 12.7. The Morgan fingerprint density at radius 1 is 0.840 bits per heavy atom. The molecule has 1 aromatic heterocycles. The average molecular weight is 359 g/mol. The van der Waals surface area contributed by atoms with Gasteiger partial charge in [-0.2, -0.15) is 0 Å². The summed E-state index contributed by atoms with van der Waals surface area (Å²) in [5.41, 5.74) is 2.19. The SMILES string of the molecule is Cc1cc(C)c(NS(=O)(=O)c2ccc3[nH]c(=O)c(=O)[nH]c3c2)c(C)c1. The predicted octanol–water partition coefficient (Wildman–Crippen LogP) is 1.94. The van der Waals surface area contributed by atoms with Gasteiger partial charge in [0.1, 0.15) is 0 Å². The fourth-order valence-electron chi connectivity index (χ4n) is 2.80. The Morgan fingerprint density at radius 2 is 1.40 bits per heavy atom. The van der Waals surface area contributed by atoms with E-state index >= 15 is 0 Å². The number of H-pyrrole nitrogens is 2. The average Bonchev–Trinajstić information content (AvgIpc) is 2.51. The summed E-state index contributed by atoms with van der Waals surface area (Å²) in [6.07, 6.45) is 0. The van der Waals surface area contributed by atoms with Crippen molar-refractivity contribution < 1.29 is 8.42 Å². The van der Waals surface area contributed by atoms with Crippen molar-refractivity contribution in [2.24, 2.45) is 0 Å². The molecule has 0 saturated carbocycles. The van der Waals surface area contributed by atoms with E-state index in [-0.39, 0.29) is 10.4 Å². The molecular formula is C17H17N3O4S.